The van der Waals surface area contributed by atoms with Crippen molar-refractivity contribution >= 4 is 63.2 Å². The molecular formula is C14H20Cl4O6S2. The van der Waals surface area contributed by atoms with Crippen LogP contribution in [0.2, 0.25) is 0 Å². The monoisotopic (exact) mass is 488 g/mol. The zero-order valence-corrected chi connectivity index (χ0v) is 18.8. The van der Waals surface area contributed by atoms with Crippen LogP contribution in [0.5, 0.6) is 0 Å². The summed E-state index contributed by atoms with van der Waals surface area (Å²) in [5.41, 5.74) is 1.66. The molecule has 2 unspecified atom stereocenters. The maximum Gasteiger partial charge on any atom is 0.355 e. The fourth-order valence-electron chi connectivity index (χ4n) is 2.60. The molecule has 1 aliphatic carbocycles. The maximum atomic E-state index is 10.8. The fraction of sp³-hybridized carbons (Fsp3) is 0.714. The van der Waals surface area contributed by atoms with Gasteiger partial charge in [0.15, 0.2) is 0 Å². The van der Waals surface area contributed by atoms with Crippen molar-refractivity contribution in [2.75, 3.05) is 13.2 Å². The Hall–Kier alpha value is 0.460. The van der Waals surface area contributed by atoms with E-state index in [1.165, 1.54) is 0 Å². The molecule has 0 amide bonds. The van der Waals surface area contributed by atoms with Gasteiger partial charge in [-0.1, -0.05) is 12.2 Å². The Balaban J connectivity index is 2.69. The van der Waals surface area contributed by atoms with Gasteiger partial charge in [0.25, 0.3) is 0 Å². The Morgan fingerprint density at radius 2 is 1.12 bits per heavy atom. The lowest BCUT2D eigenvalue weighted by Crippen LogP contribution is -2.31. The molecular weight excluding hydrogens is 470 g/mol. The van der Waals surface area contributed by atoms with Crippen molar-refractivity contribution in [3.63, 3.8) is 0 Å². The van der Waals surface area contributed by atoms with E-state index in [-0.39, 0.29) is 13.2 Å². The van der Waals surface area contributed by atoms with Crippen LogP contribution in [0.3, 0.4) is 0 Å². The van der Waals surface area contributed by atoms with Gasteiger partial charge in [0.05, 0.1) is 23.0 Å². The molecule has 12 heteroatoms. The SMILES string of the molecule is CC1(Cl)C=C(CCCOS(=O)(=O)Cl)C(C)(Cl)C=C1CCCOS(=O)(=O)Cl. The molecule has 0 aromatic carbocycles. The number of halogens is 4. The van der Waals surface area contributed by atoms with Crippen LogP contribution in [0, 0.1) is 0 Å². The van der Waals surface area contributed by atoms with Crippen LogP contribution in [0.1, 0.15) is 39.5 Å². The lowest BCUT2D eigenvalue weighted by atomic mass is 9.80. The van der Waals surface area contributed by atoms with Crippen LogP contribution >= 0.6 is 44.6 Å². The molecule has 0 fully saturated rings. The summed E-state index contributed by atoms with van der Waals surface area (Å²) in [6, 6.07) is 0. The number of allylic oxidation sites excluding steroid dienone is 4. The topological polar surface area (TPSA) is 86.7 Å². The lowest BCUT2D eigenvalue weighted by molar-refractivity contribution is 0.319. The van der Waals surface area contributed by atoms with Crippen LogP contribution in [0.25, 0.3) is 0 Å². The predicted molar refractivity (Wildman–Crippen MR) is 105 cm³/mol. The summed E-state index contributed by atoms with van der Waals surface area (Å²) in [7, 11) is 1.99. The summed E-state index contributed by atoms with van der Waals surface area (Å²) in [6.07, 6.45) is 5.41. The molecule has 0 radical (unpaired) electrons. The quantitative estimate of drug-likeness (QED) is 0.195. The van der Waals surface area contributed by atoms with Crippen molar-refractivity contribution in [3.05, 3.63) is 23.3 Å². The largest absolute Gasteiger partial charge is 0.355 e. The summed E-state index contributed by atoms with van der Waals surface area (Å²) in [6.45, 7) is 3.47. The first-order chi connectivity index (χ1) is 11.6. The molecule has 0 heterocycles. The Morgan fingerprint density at radius 1 is 0.808 bits per heavy atom. The molecule has 0 aliphatic heterocycles. The van der Waals surface area contributed by atoms with Gasteiger partial charge in [-0.3, -0.25) is 8.37 Å². The molecule has 152 valence electrons. The van der Waals surface area contributed by atoms with E-state index >= 15 is 0 Å². The highest BCUT2D eigenvalue weighted by Crippen LogP contribution is 2.43. The fourth-order valence-corrected chi connectivity index (χ4v) is 4.17. The molecule has 2 atom stereocenters. The van der Waals surface area contributed by atoms with Gasteiger partial charge in [-0.15, -0.1) is 23.2 Å². The second kappa shape index (κ2) is 9.31. The first-order valence-corrected chi connectivity index (χ1v) is 12.9. The molecule has 1 aliphatic rings. The maximum absolute atomic E-state index is 10.8. The van der Waals surface area contributed by atoms with Crippen molar-refractivity contribution in [2.24, 2.45) is 0 Å². The standard InChI is InChI=1S/C14H20Cl4O6S2/c1-13(15)9-12(6-4-8-24-26(18,21)22)14(2,16)10-11(13)5-3-7-23-25(17,19)20/h9-10H,3-8H2,1-2H3. The van der Waals surface area contributed by atoms with Gasteiger partial charge < -0.3 is 0 Å². The van der Waals surface area contributed by atoms with Gasteiger partial charge in [-0.2, -0.15) is 16.8 Å². The van der Waals surface area contributed by atoms with Crippen molar-refractivity contribution in [1.29, 1.82) is 0 Å². The van der Waals surface area contributed by atoms with Gasteiger partial charge in [0.2, 0.25) is 0 Å². The van der Waals surface area contributed by atoms with Crippen molar-refractivity contribution in [1.82, 2.24) is 0 Å². The summed E-state index contributed by atoms with van der Waals surface area (Å²) in [5, 5.41) is 0. The third-order valence-corrected chi connectivity index (χ3v) is 5.91. The number of hydrogen-bond acceptors (Lipinski definition) is 6. The summed E-state index contributed by atoms with van der Waals surface area (Å²) >= 11 is 13.2. The molecule has 0 aromatic heterocycles. The molecule has 0 bridgehead atoms. The predicted octanol–water partition coefficient (Wildman–Crippen LogP) is 4.41. The molecule has 1 rings (SSSR count). The Morgan fingerprint density at radius 3 is 1.38 bits per heavy atom. The van der Waals surface area contributed by atoms with Crippen LogP contribution in [-0.4, -0.2) is 39.8 Å². The number of hydrogen-bond donors (Lipinski definition) is 0. The molecule has 0 aromatic rings. The van der Waals surface area contributed by atoms with Crippen LogP contribution in [0.4, 0.5) is 0 Å². The first-order valence-electron chi connectivity index (χ1n) is 7.63. The molecule has 0 saturated heterocycles. The van der Waals surface area contributed by atoms with Gasteiger partial charge >= 0.3 is 18.7 Å². The zero-order chi connectivity index (χ0) is 20.2. The molecule has 26 heavy (non-hydrogen) atoms. The molecule has 6 nitrogen and oxygen atoms in total. The van der Waals surface area contributed by atoms with Crippen LogP contribution < -0.4 is 0 Å². The van der Waals surface area contributed by atoms with Crippen molar-refractivity contribution in [2.45, 2.75) is 49.3 Å². The third kappa shape index (κ3) is 9.10. The highest BCUT2D eigenvalue weighted by Gasteiger charge is 2.36. The summed E-state index contributed by atoms with van der Waals surface area (Å²) in [4.78, 5) is -1.61. The molecule has 0 saturated carbocycles. The van der Waals surface area contributed by atoms with E-state index < -0.39 is 28.4 Å². The Bertz CT molecular complexity index is 703. The van der Waals surface area contributed by atoms with Crippen molar-refractivity contribution < 1.29 is 25.2 Å². The zero-order valence-electron chi connectivity index (χ0n) is 14.2. The number of alkyl halides is 2. The highest BCUT2D eigenvalue weighted by atomic mass is 35.7. The lowest BCUT2D eigenvalue weighted by Gasteiger charge is -2.35. The first kappa shape index (κ1) is 24.5. The average molecular weight is 490 g/mol. The van der Waals surface area contributed by atoms with Crippen molar-refractivity contribution in [3.8, 4) is 0 Å². The minimum atomic E-state index is -3.99. The summed E-state index contributed by atoms with van der Waals surface area (Å²) < 4.78 is 52.0. The highest BCUT2D eigenvalue weighted by molar-refractivity contribution is 8.10. The number of rotatable bonds is 10. The van der Waals surface area contributed by atoms with Crippen LogP contribution in [0.15, 0.2) is 23.3 Å². The van der Waals surface area contributed by atoms with Crippen LogP contribution in [-0.2, 0) is 27.0 Å². The molecule has 0 N–H and O–H groups in total. The minimum absolute atomic E-state index is 0.0596. The third-order valence-electron chi connectivity index (χ3n) is 3.78. The van der Waals surface area contributed by atoms with Gasteiger partial charge in [-0.05, 0) is 50.7 Å². The van der Waals surface area contributed by atoms with Gasteiger partial charge in [0.1, 0.15) is 0 Å². The van der Waals surface area contributed by atoms with E-state index in [2.05, 4.69) is 8.37 Å². The van der Waals surface area contributed by atoms with E-state index in [0.29, 0.717) is 25.7 Å². The second-order valence-corrected chi connectivity index (χ2v) is 12.0. The van der Waals surface area contributed by atoms with E-state index in [0.717, 1.165) is 11.1 Å². The summed E-state index contributed by atoms with van der Waals surface area (Å²) in [5.74, 6) is 0. The van der Waals surface area contributed by atoms with Gasteiger partial charge in [-0.25, -0.2) is 0 Å². The average Bonchev–Trinajstić information content (AvgIpc) is 2.41. The Labute approximate surface area is 173 Å². The smallest absolute Gasteiger partial charge is 0.258 e. The normalized spacial score (nSPS) is 27.2. The van der Waals surface area contributed by atoms with E-state index in [9.17, 15) is 16.8 Å². The van der Waals surface area contributed by atoms with Gasteiger partial charge in [0, 0.05) is 21.4 Å². The molecule has 0 spiro atoms. The van der Waals surface area contributed by atoms with E-state index in [1.54, 1.807) is 13.8 Å². The minimum Gasteiger partial charge on any atom is -0.258 e. The van der Waals surface area contributed by atoms with E-state index in [1.807, 2.05) is 12.2 Å². The Kier molecular flexibility index (Phi) is 8.77. The second-order valence-electron chi connectivity index (χ2n) is 6.13. The van der Waals surface area contributed by atoms with E-state index in [4.69, 9.17) is 44.6 Å².